The van der Waals surface area contributed by atoms with Crippen LogP contribution in [0.1, 0.15) is 11.1 Å². The van der Waals surface area contributed by atoms with E-state index in [0.717, 1.165) is 0 Å². The third-order valence-corrected chi connectivity index (χ3v) is 5.02. The molecule has 0 heterocycles. The van der Waals surface area contributed by atoms with Crippen molar-refractivity contribution in [3.63, 3.8) is 0 Å². The first kappa shape index (κ1) is 20.7. The Hall–Kier alpha value is -1.58. The fourth-order valence-electron chi connectivity index (χ4n) is 2.27. The van der Waals surface area contributed by atoms with E-state index in [1.807, 2.05) is 0 Å². The Balaban J connectivity index is 2.45. The van der Waals surface area contributed by atoms with E-state index in [2.05, 4.69) is 47.8 Å². The third-order valence-electron chi connectivity index (χ3n) is 3.25. The van der Waals surface area contributed by atoms with Crippen LogP contribution in [0.4, 0.5) is 0 Å². The molecule has 6 nitrogen and oxygen atoms in total. The van der Waals surface area contributed by atoms with Crippen LogP contribution in [0.3, 0.4) is 0 Å². The highest BCUT2D eigenvalue weighted by Crippen LogP contribution is 2.43. The van der Waals surface area contributed by atoms with E-state index in [9.17, 15) is 9.59 Å². The average molecular weight is 553 g/mol. The van der Waals surface area contributed by atoms with Crippen molar-refractivity contribution in [2.24, 2.45) is 0 Å². The number of aliphatic carboxylic acids is 2. The van der Waals surface area contributed by atoms with Gasteiger partial charge in [0.25, 0.3) is 0 Å². The molecule has 0 aromatic heterocycles. The molecule has 0 radical (unpaired) electrons. The lowest BCUT2D eigenvalue weighted by Gasteiger charge is -2.16. The molecule has 0 bridgehead atoms. The van der Waals surface area contributed by atoms with Gasteiger partial charge in [0.15, 0.2) is 17.2 Å². The molecule has 138 valence electrons. The predicted octanol–water partition coefficient (Wildman–Crippen LogP) is 5.03. The molecule has 2 aromatic carbocycles. The van der Waals surface area contributed by atoms with E-state index in [0.29, 0.717) is 41.8 Å². The molecule has 0 unspecified atom stereocenters. The zero-order valence-corrected chi connectivity index (χ0v) is 18.1. The smallest absolute Gasteiger partial charge is 0.307 e. The molecule has 0 aliphatic carbocycles. The van der Waals surface area contributed by atoms with E-state index >= 15 is 0 Å². The lowest BCUT2D eigenvalue weighted by molar-refractivity contribution is -0.137. The topological polar surface area (TPSA) is 93.1 Å². The number of rotatable bonds is 7. The number of benzene rings is 2. The molecule has 2 aromatic rings. The maximum absolute atomic E-state index is 11.0. The number of hydrogen-bond acceptors (Lipinski definition) is 4. The van der Waals surface area contributed by atoms with Crippen molar-refractivity contribution in [1.29, 1.82) is 0 Å². The van der Waals surface area contributed by atoms with Crippen LogP contribution in [-0.2, 0) is 22.4 Å². The van der Waals surface area contributed by atoms with Gasteiger partial charge in [0.05, 0.1) is 33.4 Å². The minimum atomic E-state index is -0.964. The van der Waals surface area contributed by atoms with Crippen LogP contribution >= 0.6 is 47.8 Å². The molecule has 2 N–H and O–H groups in total. The summed E-state index contributed by atoms with van der Waals surface area (Å²) in [6.45, 7) is 0. The summed E-state index contributed by atoms with van der Waals surface area (Å²) in [5, 5.41) is 17.9. The molecule has 0 atom stereocenters. The van der Waals surface area contributed by atoms with Gasteiger partial charge < -0.3 is 19.7 Å². The van der Waals surface area contributed by atoms with Crippen LogP contribution in [0.2, 0.25) is 0 Å². The third kappa shape index (κ3) is 5.21. The van der Waals surface area contributed by atoms with E-state index in [4.69, 9.17) is 19.7 Å². The van der Waals surface area contributed by atoms with Crippen molar-refractivity contribution >= 4 is 59.7 Å². The monoisotopic (exact) mass is 550 g/mol. The molecule has 0 aliphatic heterocycles. The molecule has 0 saturated carbocycles. The van der Waals surface area contributed by atoms with Crippen LogP contribution in [0.5, 0.6) is 17.2 Å². The summed E-state index contributed by atoms with van der Waals surface area (Å²) >= 11 is 10.1. The second kappa shape index (κ2) is 8.88. The molecular weight excluding hydrogens is 540 g/mol. The summed E-state index contributed by atoms with van der Waals surface area (Å²) in [6, 6.07) is 6.54. The summed E-state index contributed by atoms with van der Waals surface area (Å²) in [6.07, 6.45) is -0.292. The Bertz CT molecular complexity index is 843. The highest BCUT2D eigenvalue weighted by atomic mass is 79.9. The van der Waals surface area contributed by atoms with Crippen LogP contribution in [0.25, 0.3) is 0 Å². The predicted molar refractivity (Wildman–Crippen MR) is 105 cm³/mol. The zero-order valence-electron chi connectivity index (χ0n) is 13.4. The van der Waals surface area contributed by atoms with Crippen molar-refractivity contribution in [2.75, 3.05) is 7.11 Å². The molecule has 0 amide bonds. The number of hydrogen-bond donors (Lipinski definition) is 2. The summed E-state index contributed by atoms with van der Waals surface area (Å²) in [4.78, 5) is 21.9. The number of ether oxygens (including phenoxy) is 2. The molecule has 0 saturated heterocycles. The van der Waals surface area contributed by atoms with Gasteiger partial charge in [-0.15, -0.1) is 0 Å². The van der Waals surface area contributed by atoms with Crippen molar-refractivity contribution < 1.29 is 29.3 Å². The van der Waals surface area contributed by atoms with Crippen LogP contribution in [0, 0.1) is 0 Å². The second-order valence-corrected chi connectivity index (χ2v) is 7.80. The molecule has 0 fully saturated rings. The Morgan fingerprint density at radius 3 is 1.69 bits per heavy atom. The molecule has 9 heteroatoms. The van der Waals surface area contributed by atoms with Gasteiger partial charge in [-0.1, -0.05) is 0 Å². The van der Waals surface area contributed by atoms with Gasteiger partial charge in [-0.25, -0.2) is 0 Å². The van der Waals surface area contributed by atoms with Gasteiger partial charge in [0.1, 0.15) is 0 Å². The minimum absolute atomic E-state index is 0.125. The SMILES string of the molecule is COc1c(Br)cc(CC(=O)O)cc1Oc1c(Br)cc(CC(=O)O)cc1Br. The Morgan fingerprint density at radius 2 is 1.27 bits per heavy atom. The molecule has 0 aliphatic rings. The quantitative estimate of drug-likeness (QED) is 0.500. The summed E-state index contributed by atoms with van der Waals surface area (Å²) < 4.78 is 12.9. The Kier molecular flexibility index (Phi) is 7.08. The van der Waals surface area contributed by atoms with E-state index in [1.165, 1.54) is 7.11 Å². The van der Waals surface area contributed by atoms with Gasteiger partial charge in [-0.05, 0) is 83.2 Å². The number of carboxylic acids is 2. The summed E-state index contributed by atoms with van der Waals surface area (Å²) in [5.41, 5.74) is 1.13. The maximum Gasteiger partial charge on any atom is 0.307 e. The lowest BCUT2D eigenvalue weighted by Crippen LogP contribution is -2.02. The normalized spacial score (nSPS) is 10.5. The number of carbonyl (C=O) groups is 2. The van der Waals surface area contributed by atoms with Gasteiger partial charge in [-0.2, -0.15) is 0 Å². The summed E-state index contributed by atoms with van der Waals surface area (Å²) in [5.74, 6) is -0.757. The van der Waals surface area contributed by atoms with Gasteiger partial charge in [-0.3, -0.25) is 9.59 Å². The second-order valence-electron chi connectivity index (χ2n) is 5.24. The van der Waals surface area contributed by atoms with Crippen molar-refractivity contribution in [3.05, 3.63) is 48.8 Å². The largest absolute Gasteiger partial charge is 0.492 e. The van der Waals surface area contributed by atoms with Gasteiger partial charge in [0.2, 0.25) is 0 Å². The average Bonchev–Trinajstić information content (AvgIpc) is 2.49. The maximum atomic E-state index is 11.0. The Morgan fingerprint density at radius 1 is 0.846 bits per heavy atom. The highest BCUT2D eigenvalue weighted by Gasteiger charge is 2.17. The van der Waals surface area contributed by atoms with Crippen molar-refractivity contribution in [3.8, 4) is 17.2 Å². The van der Waals surface area contributed by atoms with E-state index in [-0.39, 0.29) is 12.8 Å². The van der Waals surface area contributed by atoms with Crippen LogP contribution in [-0.4, -0.2) is 29.3 Å². The molecule has 2 rings (SSSR count). The van der Waals surface area contributed by atoms with Gasteiger partial charge >= 0.3 is 11.9 Å². The summed E-state index contributed by atoms with van der Waals surface area (Å²) in [7, 11) is 1.48. The fourth-order valence-corrected chi connectivity index (χ4v) is 4.36. The fraction of sp³-hybridized carbons (Fsp3) is 0.176. The minimum Gasteiger partial charge on any atom is -0.492 e. The first-order valence-corrected chi connectivity index (χ1v) is 9.55. The first-order chi connectivity index (χ1) is 12.2. The molecule has 0 spiro atoms. The standard InChI is InChI=1S/C17H13Br3O6/c1-25-17-12(20)4-9(7-15(23)24)5-13(17)26-16-10(18)2-8(3-11(16)19)6-14(21)22/h2-5H,6-7H2,1H3,(H,21,22)(H,23,24). The first-order valence-electron chi connectivity index (χ1n) is 7.17. The zero-order chi connectivity index (χ0) is 19.4. The number of carboxylic acid groups (broad SMARTS) is 2. The Labute approximate surface area is 174 Å². The number of methoxy groups -OCH3 is 1. The van der Waals surface area contributed by atoms with Crippen LogP contribution < -0.4 is 9.47 Å². The molecular formula is C17H13Br3O6. The molecule has 26 heavy (non-hydrogen) atoms. The van der Waals surface area contributed by atoms with E-state index < -0.39 is 11.9 Å². The van der Waals surface area contributed by atoms with Crippen molar-refractivity contribution in [2.45, 2.75) is 12.8 Å². The van der Waals surface area contributed by atoms with E-state index in [1.54, 1.807) is 24.3 Å². The number of halogens is 3. The van der Waals surface area contributed by atoms with Crippen LogP contribution in [0.15, 0.2) is 37.7 Å². The highest BCUT2D eigenvalue weighted by molar-refractivity contribution is 9.11. The van der Waals surface area contributed by atoms with Gasteiger partial charge in [0, 0.05) is 0 Å². The van der Waals surface area contributed by atoms with Crippen molar-refractivity contribution in [1.82, 2.24) is 0 Å². The lowest BCUT2D eigenvalue weighted by atomic mass is 10.1.